The molecule has 0 aliphatic rings. The van der Waals surface area contributed by atoms with Crippen molar-refractivity contribution in [2.24, 2.45) is 0 Å². The second-order valence-corrected chi connectivity index (χ2v) is 7.37. The fourth-order valence-corrected chi connectivity index (χ4v) is 2.41. The van der Waals surface area contributed by atoms with E-state index in [1.165, 1.54) is 4.57 Å². The number of benzene rings is 1. The van der Waals surface area contributed by atoms with Crippen molar-refractivity contribution >= 4 is 65.6 Å². The third-order valence-electron chi connectivity index (χ3n) is 2.36. The number of amides is 1. The highest BCUT2D eigenvalue weighted by Gasteiger charge is 2.07. The van der Waals surface area contributed by atoms with Crippen molar-refractivity contribution in [2.45, 2.75) is 0 Å². The molecule has 1 amide bonds. The van der Waals surface area contributed by atoms with Crippen LogP contribution in [0.4, 0.5) is 10.5 Å². The number of carbonyl (C=O) groups is 1. The molecule has 0 atom stereocenters. The van der Waals surface area contributed by atoms with Gasteiger partial charge in [-0.3, -0.25) is 4.57 Å². The van der Waals surface area contributed by atoms with Crippen LogP contribution in [0.5, 0.6) is 0 Å². The molecule has 0 saturated carbocycles. The minimum absolute atomic E-state index is 0.201. The number of hydrogen-bond donors (Lipinski definition) is 1. The lowest BCUT2D eigenvalue weighted by Crippen LogP contribution is -2.18. The zero-order valence-electron chi connectivity index (χ0n) is 9.61. The minimum Gasteiger partial charge on any atom is -0.307 e. The lowest BCUT2D eigenvalue weighted by Gasteiger charge is -2.09. The van der Waals surface area contributed by atoms with Crippen molar-refractivity contribution in [1.82, 2.24) is 4.57 Å². The molecule has 3 nitrogen and oxygen atoms in total. The number of anilines is 1. The summed E-state index contributed by atoms with van der Waals surface area (Å²) in [6.45, 7) is 0. The van der Waals surface area contributed by atoms with Gasteiger partial charge in [-0.05, 0) is 68.3 Å². The predicted octanol–water partition coefficient (Wildman–Crippen LogP) is 5.42. The zero-order chi connectivity index (χ0) is 13.8. The van der Waals surface area contributed by atoms with Gasteiger partial charge in [0, 0.05) is 28.1 Å². The second kappa shape index (κ2) is 6.54. The molecule has 0 spiro atoms. The first kappa shape index (κ1) is 14.6. The molecule has 0 bridgehead atoms. The zero-order valence-corrected chi connectivity index (χ0v) is 14.4. The first-order valence-corrected chi connectivity index (χ1v) is 7.71. The largest absolute Gasteiger partial charge is 0.329 e. The van der Waals surface area contributed by atoms with Crippen molar-refractivity contribution in [3.05, 3.63) is 56.2 Å². The summed E-state index contributed by atoms with van der Waals surface area (Å²) in [5.41, 5.74) is 1.62. The quantitative estimate of drug-likeness (QED) is 0.654. The number of halogens is 3. The van der Waals surface area contributed by atoms with Gasteiger partial charge in [0.15, 0.2) is 0 Å². The first-order chi connectivity index (χ1) is 9.06. The van der Waals surface area contributed by atoms with Crippen LogP contribution in [0.2, 0.25) is 0 Å². The SMILES string of the molecule is O=C(Nc1ccc(Br)cc1C=C(Br)Br)n1cccc1. The maximum absolute atomic E-state index is 12.0. The second-order valence-electron chi connectivity index (χ2n) is 3.69. The van der Waals surface area contributed by atoms with Crippen LogP contribution >= 0.6 is 47.8 Å². The number of aromatic nitrogens is 1. The van der Waals surface area contributed by atoms with E-state index in [-0.39, 0.29) is 6.03 Å². The Morgan fingerprint density at radius 1 is 1.21 bits per heavy atom. The number of carbonyl (C=O) groups excluding carboxylic acids is 1. The summed E-state index contributed by atoms with van der Waals surface area (Å²) in [6, 6.07) is 9.06. The average molecular weight is 449 g/mol. The fourth-order valence-electron chi connectivity index (χ4n) is 1.53. The molecule has 0 radical (unpaired) electrons. The Balaban J connectivity index is 2.30. The van der Waals surface area contributed by atoms with Gasteiger partial charge in [0.1, 0.15) is 0 Å². The van der Waals surface area contributed by atoms with E-state index in [1.54, 1.807) is 24.5 Å². The smallest absolute Gasteiger partial charge is 0.307 e. The number of nitrogens with zero attached hydrogens (tertiary/aromatic N) is 1. The average Bonchev–Trinajstić information content (AvgIpc) is 2.85. The van der Waals surface area contributed by atoms with Crippen LogP contribution < -0.4 is 5.32 Å². The van der Waals surface area contributed by atoms with Crippen LogP contribution in [0.1, 0.15) is 5.56 Å². The van der Waals surface area contributed by atoms with Gasteiger partial charge in [0.25, 0.3) is 0 Å². The van der Waals surface area contributed by atoms with Crippen molar-refractivity contribution in [1.29, 1.82) is 0 Å². The van der Waals surface area contributed by atoms with E-state index in [4.69, 9.17) is 0 Å². The Kier molecular flexibility index (Phi) is 5.01. The molecular weight excluding hydrogens is 440 g/mol. The summed E-state index contributed by atoms with van der Waals surface area (Å²) in [7, 11) is 0. The van der Waals surface area contributed by atoms with E-state index in [0.717, 1.165) is 19.1 Å². The van der Waals surface area contributed by atoms with Gasteiger partial charge in [-0.15, -0.1) is 0 Å². The molecule has 0 aliphatic carbocycles. The van der Waals surface area contributed by atoms with E-state index in [9.17, 15) is 4.79 Å². The van der Waals surface area contributed by atoms with Crippen molar-refractivity contribution < 1.29 is 4.79 Å². The number of hydrogen-bond acceptors (Lipinski definition) is 1. The molecule has 98 valence electrons. The molecule has 0 aliphatic heterocycles. The number of rotatable bonds is 2. The molecule has 0 unspecified atom stereocenters. The summed E-state index contributed by atoms with van der Waals surface area (Å²) in [6.07, 6.45) is 5.27. The van der Waals surface area contributed by atoms with Crippen LogP contribution in [0.15, 0.2) is 50.6 Å². The Morgan fingerprint density at radius 3 is 2.53 bits per heavy atom. The van der Waals surface area contributed by atoms with Crippen LogP contribution in [-0.2, 0) is 0 Å². The van der Waals surface area contributed by atoms with Gasteiger partial charge in [-0.1, -0.05) is 15.9 Å². The fraction of sp³-hybridized carbons (Fsp3) is 0. The maximum Gasteiger partial charge on any atom is 0.329 e. The first-order valence-electron chi connectivity index (χ1n) is 5.33. The van der Waals surface area contributed by atoms with Gasteiger partial charge < -0.3 is 5.32 Å². The topological polar surface area (TPSA) is 34.0 Å². The van der Waals surface area contributed by atoms with E-state index >= 15 is 0 Å². The highest BCUT2D eigenvalue weighted by atomic mass is 79.9. The van der Waals surface area contributed by atoms with E-state index < -0.39 is 0 Å². The lowest BCUT2D eigenvalue weighted by atomic mass is 10.2. The monoisotopic (exact) mass is 446 g/mol. The summed E-state index contributed by atoms with van der Waals surface area (Å²) < 4.78 is 3.23. The molecule has 2 aromatic rings. The van der Waals surface area contributed by atoms with Gasteiger partial charge in [-0.25, -0.2) is 4.79 Å². The Morgan fingerprint density at radius 2 is 1.89 bits per heavy atom. The molecule has 1 aromatic heterocycles. The van der Waals surface area contributed by atoms with Gasteiger partial charge in [0.05, 0.1) is 3.39 Å². The normalized spacial score (nSPS) is 10.1. The summed E-state index contributed by atoms with van der Waals surface area (Å²) >= 11 is 10.1. The van der Waals surface area contributed by atoms with Crippen molar-refractivity contribution in [3.63, 3.8) is 0 Å². The minimum atomic E-state index is -0.201. The Hall–Kier alpha value is -0.850. The van der Waals surface area contributed by atoms with Gasteiger partial charge >= 0.3 is 6.03 Å². The van der Waals surface area contributed by atoms with E-state index in [1.807, 2.05) is 24.3 Å². The molecule has 1 N–H and O–H groups in total. The molecule has 0 saturated heterocycles. The summed E-state index contributed by atoms with van der Waals surface area (Å²) in [5.74, 6) is 0. The molecule has 1 heterocycles. The highest BCUT2D eigenvalue weighted by Crippen LogP contribution is 2.26. The van der Waals surface area contributed by atoms with E-state index in [2.05, 4.69) is 53.1 Å². The van der Waals surface area contributed by atoms with Crippen LogP contribution in [0.3, 0.4) is 0 Å². The Bertz CT molecular complexity index is 617. The summed E-state index contributed by atoms with van der Waals surface area (Å²) in [4.78, 5) is 12.0. The van der Waals surface area contributed by atoms with Crippen LogP contribution in [0, 0.1) is 0 Å². The summed E-state index contributed by atoms with van der Waals surface area (Å²) in [5, 5.41) is 2.86. The van der Waals surface area contributed by atoms with Crippen molar-refractivity contribution in [3.8, 4) is 0 Å². The molecular formula is C13H9Br3N2O. The standard InChI is InChI=1S/C13H9Br3N2O/c14-10-3-4-11(9(7-10)8-12(15)16)17-13(19)18-5-1-2-6-18/h1-8H,(H,17,19). The van der Waals surface area contributed by atoms with Gasteiger partial charge in [-0.2, -0.15) is 0 Å². The molecule has 19 heavy (non-hydrogen) atoms. The molecule has 1 aromatic carbocycles. The Labute approximate surface area is 136 Å². The maximum atomic E-state index is 12.0. The third-order valence-corrected chi connectivity index (χ3v) is 3.31. The van der Waals surface area contributed by atoms with Crippen molar-refractivity contribution in [2.75, 3.05) is 5.32 Å². The van der Waals surface area contributed by atoms with Crippen LogP contribution in [-0.4, -0.2) is 10.6 Å². The molecule has 0 fully saturated rings. The highest BCUT2D eigenvalue weighted by molar-refractivity contribution is 9.28. The van der Waals surface area contributed by atoms with Crippen LogP contribution in [0.25, 0.3) is 6.08 Å². The number of nitrogens with one attached hydrogen (secondary N) is 1. The van der Waals surface area contributed by atoms with E-state index in [0.29, 0.717) is 0 Å². The predicted molar refractivity (Wildman–Crippen MR) is 88.8 cm³/mol. The third kappa shape index (κ3) is 4.06. The lowest BCUT2D eigenvalue weighted by molar-refractivity contribution is 0.253. The molecule has 2 rings (SSSR count). The molecule has 6 heteroatoms. The van der Waals surface area contributed by atoms with Gasteiger partial charge in [0.2, 0.25) is 0 Å².